The van der Waals surface area contributed by atoms with Crippen molar-refractivity contribution in [2.24, 2.45) is 0 Å². The van der Waals surface area contributed by atoms with Crippen molar-refractivity contribution in [2.45, 2.75) is 12.3 Å². The lowest BCUT2D eigenvalue weighted by molar-refractivity contribution is 0.518. The second-order valence-corrected chi connectivity index (χ2v) is 9.21. The molecule has 0 aliphatic carbocycles. The quantitative estimate of drug-likeness (QED) is 0.314. The van der Waals surface area contributed by atoms with Crippen molar-refractivity contribution in [2.75, 3.05) is 18.4 Å². The average molecular weight is 489 g/mol. The molecule has 5 aromatic rings. The summed E-state index contributed by atoms with van der Waals surface area (Å²) in [7, 11) is 0. The van der Waals surface area contributed by atoms with Gasteiger partial charge in [-0.25, -0.2) is 9.97 Å². The van der Waals surface area contributed by atoms with E-state index in [4.69, 9.17) is 22.2 Å². The molecule has 1 aliphatic rings. The molecule has 176 valence electrons. The van der Waals surface area contributed by atoms with E-state index in [-0.39, 0.29) is 0 Å². The molecule has 3 aromatic heterocycles. The standard InChI is InChI=1S/C29H24N6S/c36-29(35-17-14-21(19-35)20-8-2-1-3-9-20)32-22-12-13-23-26(18-22)34-28(25-11-5-7-16-31-25)27(33-23)24-10-4-6-15-30-24/h1-13,15-16,18,21H,14,17,19H2,(H,32,36)/t21-/m1/s1. The molecule has 0 radical (unpaired) electrons. The van der Waals surface area contributed by atoms with E-state index < -0.39 is 0 Å². The monoisotopic (exact) mass is 488 g/mol. The van der Waals surface area contributed by atoms with E-state index in [9.17, 15) is 0 Å². The summed E-state index contributed by atoms with van der Waals surface area (Å²) in [6, 6.07) is 28.2. The Hall–Kier alpha value is -4.23. The summed E-state index contributed by atoms with van der Waals surface area (Å²) in [6.07, 6.45) is 4.62. The largest absolute Gasteiger partial charge is 0.348 e. The molecule has 1 N–H and O–H groups in total. The van der Waals surface area contributed by atoms with E-state index in [0.717, 1.165) is 52.7 Å². The Labute approximate surface area is 215 Å². The van der Waals surface area contributed by atoms with Crippen LogP contribution in [-0.2, 0) is 0 Å². The lowest BCUT2D eigenvalue weighted by atomic mass is 9.99. The van der Waals surface area contributed by atoms with Crippen LogP contribution in [0, 0.1) is 0 Å². The molecule has 36 heavy (non-hydrogen) atoms. The van der Waals surface area contributed by atoms with Gasteiger partial charge in [0.05, 0.1) is 22.4 Å². The third-order valence-corrected chi connectivity index (χ3v) is 6.84. The van der Waals surface area contributed by atoms with Crippen LogP contribution in [0.5, 0.6) is 0 Å². The van der Waals surface area contributed by atoms with E-state index in [1.165, 1.54) is 5.56 Å². The highest BCUT2D eigenvalue weighted by molar-refractivity contribution is 7.80. The molecule has 6 rings (SSSR count). The fourth-order valence-corrected chi connectivity index (χ4v) is 4.92. The maximum Gasteiger partial charge on any atom is 0.173 e. The molecule has 1 aliphatic heterocycles. The number of thiocarbonyl (C=S) groups is 1. The topological polar surface area (TPSA) is 66.8 Å². The van der Waals surface area contributed by atoms with Gasteiger partial charge >= 0.3 is 0 Å². The first kappa shape index (κ1) is 22.2. The van der Waals surface area contributed by atoms with Gasteiger partial charge in [0.25, 0.3) is 0 Å². The third-order valence-electron chi connectivity index (χ3n) is 6.48. The zero-order valence-electron chi connectivity index (χ0n) is 19.6. The molecule has 7 heteroatoms. The minimum atomic E-state index is 0.499. The Balaban J connectivity index is 1.29. The van der Waals surface area contributed by atoms with Crippen molar-refractivity contribution in [1.82, 2.24) is 24.8 Å². The third kappa shape index (κ3) is 4.53. The Morgan fingerprint density at radius 1 is 0.778 bits per heavy atom. The highest BCUT2D eigenvalue weighted by Crippen LogP contribution is 2.30. The fraction of sp³-hybridized carbons (Fsp3) is 0.138. The van der Waals surface area contributed by atoms with E-state index in [2.05, 4.69) is 50.5 Å². The van der Waals surface area contributed by atoms with Crippen molar-refractivity contribution in [3.05, 3.63) is 103 Å². The smallest absolute Gasteiger partial charge is 0.173 e. The van der Waals surface area contributed by atoms with Gasteiger partial charge in [-0.3, -0.25) is 9.97 Å². The lowest BCUT2D eigenvalue weighted by Gasteiger charge is -2.21. The van der Waals surface area contributed by atoms with Crippen LogP contribution in [0.15, 0.2) is 97.3 Å². The molecule has 0 spiro atoms. The summed E-state index contributed by atoms with van der Waals surface area (Å²) in [5, 5.41) is 4.15. The normalized spacial score (nSPS) is 15.2. The number of hydrogen-bond acceptors (Lipinski definition) is 5. The number of likely N-dealkylation sites (tertiary alicyclic amines) is 1. The highest BCUT2D eigenvalue weighted by Gasteiger charge is 2.25. The van der Waals surface area contributed by atoms with Gasteiger partial charge in [-0.05, 0) is 66.7 Å². The first-order chi connectivity index (χ1) is 17.7. The molecule has 1 saturated heterocycles. The van der Waals surface area contributed by atoms with Gasteiger partial charge in [0.1, 0.15) is 11.4 Å². The Kier molecular flexibility index (Phi) is 6.05. The summed E-state index contributed by atoms with van der Waals surface area (Å²) in [5.41, 5.74) is 6.75. The Morgan fingerprint density at radius 3 is 2.11 bits per heavy atom. The Morgan fingerprint density at radius 2 is 1.44 bits per heavy atom. The summed E-state index contributed by atoms with van der Waals surface area (Å²) < 4.78 is 0. The molecular formula is C29H24N6S. The first-order valence-corrected chi connectivity index (χ1v) is 12.4. The number of benzene rings is 2. The minimum Gasteiger partial charge on any atom is -0.348 e. The van der Waals surface area contributed by atoms with Crippen LogP contribution in [0.3, 0.4) is 0 Å². The van der Waals surface area contributed by atoms with E-state index in [1.807, 2.05) is 54.6 Å². The number of rotatable bonds is 4. The SMILES string of the molecule is S=C(Nc1ccc2nc(-c3ccccn3)c(-c3ccccn3)nc2c1)N1CC[C@@H](c2ccccc2)C1. The van der Waals surface area contributed by atoms with Crippen LogP contribution in [-0.4, -0.2) is 43.0 Å². The fourth-order valence-electron chi connectivity index (χ4n) is 4.64. The molecule has 0 amide bonds. The number of aromatic nitrogens is 4. The van der Waals surface area contributed by atoms with E-state index in [1.54, 1.807) is 12.4 Å². The van der Waals surface area contributed by atoms with Crippen molar-refractivity contribution < 1.29 is 0 Å². The van der Waals surface area contributed by atoms with Crippen molar-refractivity contribution in [3.63, 3.8) is 0 Å². The molecule has 1 fully saturated rings. The zero-order valence-corrected chi connectivity index (χ0v) is 20.4. The van der Waals surface area contributed by atoms with Gasteiger partial charge in [0.15, 0.2) is 5.11 Å². The van der Waals surface area contributed by atoms with Gasteiger partial charge in [0, 0.05) is 37.1 Å². The van der Waals surface area contributed by atoms with Crippen molar-refractivity contribution in [1.29, 1.82) is 0 Å². The molecule has 0 saturated carbocycles. The Bertz CT molecular complexity index is 1510. The number of nitrogens with zero attached hydrogens (tertiary/aromatic N) is 5. The zero-order chi connectivity index (χ0) is 24.3. The summed E-state index contributed by atoms with van der Waals surface area (Å²) in [4.78, 5) is 21.2. The maximum absolute atomic E-state index is 5.77. The van der Waals surface area contributed by atoms with Crippen molar-refractivity contribution >= 4 is 34.1 Å². The molecule has 2 aromatic carbocycles. The van der Waals surface area contributed by atoms with Gasteiger partial charge in [-0.1, -0.05) is 42.5 Å². The number of hydrogen-bond donors (Lipinski definition) is 1. The molecule has 1 atom stereocenters. The summed E-state index contributed by atoms with van der Waals surface area (Å²) in [6.45, 7) is 1.86. The molecule has 0 unspecified atom stereocenters. The van der Waals surface area contributed by atoms with Crippen LogP contribution in [0.4, 0.5) is 5.69 Å². The minimum absolute atomic E-state index is 0.499. The number of nitrogens with one attached hydrogen (secondary N) is 1. The van der Waals surface area contributed by atoms with Crippen LogP contribution >= 0.6 is 12.2 Å². The summed E-state index contributed by atoms with van der Waals surface area (Å²) >= 11 is 5.77. The predicted molar refractivity (Wildman–Crippen MR) is 148 cm³/mol. The van der Waals surface area contributed by atoms with E-state index in [0.29, 0.717) is 17.3 Å². The first-order valence-electron chi connectivity index (χ1n) is 12.0. The number of pyridine rings is 2. The molecule has 4 heterocycles. The van der Waals surface area contributed by atoms with Crippen molar-refractivity contribution in [3.8, 4) is 22.8 Å². The van der Waals surface area contributed by atoms with Crippen LogP contribution in [0.2, 0.25) is 0 Å². The second-order valence-electron chi connectivity index (χ2n) is 8.83. The predicted octanol–water partition coefficient (Wildman–Crippen LogP) is 5.94. The van der Waals surface area contributed by atoms with Crippen LogP contribution < -0.4 is 5.32 Å². The molecule has 6 nitrogen and oxygen atoms in total. The molecule has 0 bridgehead atoms. The van der Waals surface area contributed by atoms with Gasteiger partial charge < -0.3 is 10.2 Å². The maximum atomic E-state index is 5.77. The van der Waals surface area contributed by atoms with Crippen LogP contribution in [0.25, 0.3) is 33.8 Å². The number of fused-ring (bicyclic) bond motifs is 1. The number of anilines is 1. The van der Waals surface area contributed by atoms with Crippen LogP contribution in [0.1, 0.15) is 17.9 Å². The average Bonchev–Trinajstić information content (AvgIpc) is 3.45. The highest BCUT2D eigenvalue weighted by atomic mass is 32.1. The summed E-state index contributed by atoms with van der Waals surface area (Å²) in [5.74, 6) is 0.499. The van der Waals surface area contributed by atoms with Gasteiger partial charge in [-0.2, -0.15) is 0 Å². The van der Waals surface area contributed by atoms with E-state index >= 15 is 0 Å². The van der Waals surface area contributed by atoms with Gasteiger partial charge in [0.2, 0.25) is 0 Å². The van der Waals surface area contributed by atoms with Gasteiger partial charge in [-0.15, -0.1) is 0 Å². The lowest BCUT2D eigenvalue weighted by Crippen LogP contribution is -2.32. The molecular weight excluding hydrogens is 464 g/mol. The second kappa shape index (κ2) is 9.79.